The summed E-state index contributed by atoms with van der Waals surface area (Å²) < 4.78 is 38.7. The molecule has 17 heavy (non-hydrogen) atoms. The van der Waals surface area contributed by atoms with Gasteiger partial charge in [-0.05, 0) is 0 Å². The number of aromatic nitrogens is 3. The van der Waals surface area contributed by atoms with E-state index in [2.05, 4.69) is 10.1 Å². The first-order valence-corrected chi connectivity index (χ1v) is 4.53. The van der Waals surface area contributed by atoms with Gasteiger partial charge in [0.15, 0.2) is 11.3 Å². The lowest BCUT2D eigenvalue weighted by atomic mass is 10.2. The largest absolute Gasteiger partial charge is 0.476 e. The molecule has 2 rings (SSSR count). The lowest BCUT2D eigenvalue weighted by Gasteiger charge is -2.04. The Bertz CT molecular complexity index is 608. The Labute approximate surface area is 96.4 Å². The summed E-state index contributed by atoms with van der Waals surface area (Å²) in [5, 5.41) is 12.0. The van der Waals surface area contributed by atoms with Crippen molar-refractivity contribution >= 4 is 23.2 Å². The Balaban J connectivity index is 2.86. The Morgan fingerprint density at radius 1 is 1.47 bits per heavy atom. The highest BCUT2D eigenvalue weighted by molar-refractivity contribution is 6.30. The zero-order valence-corrected chi connectivity index (χ0v) is 8.62. The normalized spacial score (nSPS) is 12.0. The van der Waals surface area contributed by atoms with Gasteiger partial charge < -0.3 is 5.11 Å². The fraction of sp³-hybridized carbons (Fsp3) is 0.125. The number of hydrogen-bond donors (Lipinski definition) is 1. The molecule has 2 aromatic heterocycles. The Morgan fingerprint density at radius 3 is 2.65 bits per heavy atom. The SMILES string of the molecule is O=C(O)c1nn2cc(Cl)cnc2c1C(F)(F)F. The minimum Gasteiger partial charge on any atom is -0.476 e. The standard InChI is InChI=1S/C8H3ClF3N3O2/c9-3-1-13-6-4(8(10,11)12)5(7(16)17)14-15(6)2-3/h1-2H,(H,16,17). The minimum absolute atomic E-state index is 0.0469. The van der Waals surface area contributed by atoms with E-state index in [0.717, 1.165) is 12.4 Å². The van der Waals surface area contributed by atoms with Crippen molar-refractivity contribution < 1.29 is 23.1 Å². The van der Waals surface area contributed by atoms with Crippen LogP contribution in [0, 0.1) is 0 Å². The average Bonchev–Trinajstić information content (AvgIpc) is 2.55. The van der Waals surface area contributed by atoms with Crippen LogP contribution in [0.25, 0.3) is 5.65 Å². The number of carbonyl (C=O) groups is 1. The zero-order chi connectivity index (χ0) is 12.8. The fourth-order valence-electron chi connectivity index (χ4n) is 1.32. The van der Waals surface area contributed by atoms with Gasteiger partial charge in [0.05, 0.1) is 11.2 Å². The van der Waals surface area contributed by atoms with Crippen molar-refractivity contribution in [1.82, 2.24) is 14.6 Å². The summed E-state index contributed by atoms with van der Waals surface area (Å²) in [5.41, 5.74) is -3.09. The van der Waals surface area contributed by atoms with Crippen molar-refractivity contribution in [3.63, 3.8) is 0 Å². The predicted molar refractivity (Wildman–Crippen MR) is 50.0 cm³/mol. The summed E-state index contributed by atoms with van der Waals surface area (Å²) in [5.74, 6) is -1.78. The van der Waals surface area contributed by atoms with Crippen LogP contribution in [0.15, 0.2) is 12.4 Å². The number of carboxylic acid groups (broad SMARTS) is 1. The van der Waals surface area contributed by atoms with Crippen molar-refractivity contribution in [3.05, 3.63) is 28.7 Å². The highest BCUT2D eigenvalue weighted by Crippen LogP contribution is 2.34. The van der Waals surface area contributed by atoms with Crippen LogP contribution in [-0.2, 0) is 6.18 Å². The maximum atomic E-state index is 12.7. The molecule has 2 heterocycles. The minimum atomic E-state index is -4.85. The van der Waals surface area contributed by atoms with Crippen LogP contribution < -0.4 is 0 Å². The van der Waals surface area contributed by atoms with E-state index in [0.29, 0.717) is 4.52 Å². The number of rotatable bonds is 1. The molecule has 0 unspecified atom stereocenters. The molecule has 90 valence electrons. The third-order valence-corrected chi connectivity index (χ3v) is 2.12. The maximum absolute atomic E-state index is 12.7. The Hall–Kier alpha value is -1.83. The van der Waals surface area contributed by atoms with Gasteiger partial charge >= 0.3 is 12.1 Å². The van der Waals surface area contributed by atoms with Gasteiger partial charge in [0.2, 0.25) is 0 Å². The molecule has 5 nitrogen and oxygen atoms in total. The van der Waals surface area contributed by atoms with Gasteiger partial charge in [-0.3, -0.25) is 0 Å². The average molecular weight is 266 g/mol. The number of aromatic carboxylic acids is 1. The lowest BCUT2D eigenvalue weighted by molar-refractivity contribution is -0.137. The van der Waals surface area contributed by atoms with Crippen molar-refractivity contribution in [2.45, 2.75) is 6.18 Å². The molecule has 0 radical (unpaired) electrons. The molecule has 0 aliphatic rings. The molecule has 0 saturated carbocycles. The van der Waals surface area contributed by atoms with E-state index in [-0.39, 0.29) is 5.02 Å². The molecule has 1 N–H and O–H groups in total. The van der Waals surface area contributed by atoms with E-state index in [9.17, 15) is 18.0 Å². The van der Waals surface area contributed by atoms with Crippen LogP contribution in [0.4, 0.5) is 13.2 Å². The van der Waals surface area contributed by atoms with Gasteiger partial charge in [-0.1, -0.05) is 11.6 Å². The topological polar surface area (TPSA) is 67.5 Å². The second kappa shape index (κ2) is 3.59. The van der Waals surface area contributed by atoms with Crippen LogP contribution >= 0.6 is 11.6 Å². The Morgan fingerprint density at radius 2 is 2.12 bits per heavy atom. The second-order valence-electron chi connectivity index (χ2n) is 3.07. The molecule has 2 aromatic rings. The molecule has 0 aliphatic carbocycles. The van der Waals surface area contributed by atoms with Gasteiger partial charge in [-0.2, -0.15) is 18.3 Å². The maximum Gasteiger partial charge on any atom is 0.422 e. The first-order chi connectivity index (χ1) is 7.80. The monoisotopic (exact) mass is 265 g/mol. The molecular formula is C8H3ClF3N3O2. The summed E-state index contributed by atoms with van der Waals surface area (Å²) in [6.45, 7) is 0. The number of hydrogen-bond acceptors (Lipinski definition) is 3. The van der Waals surface area contributed by atoms with Gasteiger partial charge in [0.25, 0.3) is 0 Å². The summed E-state index contributed by atoms with van der Waals surface area (Å²) in [6, 6.07) is 0. The van der Waals surface area contributed by atoms with Crippen LogP contribution in [0.3, 0.4) is 0 Å². The molecule has 0 fully saturated rings. The highest BCUT2D eigenvalue weighted by atomic mass is 35.5. The van der Waals surface area contributed by atoms with Crippen LogP contribution in [0.1, 0.15) is 16.1 Å². The molecule has 0 aromatic carbocycles. The molecule has 0 spiro atoms. The van der Waals surface area contributed by atoms with Crippen LogP contribution in [0.2, 0.25) is 5.02 Å². The van der Waals surface area contributed by atoms with Crippen molar-refractivity contribution in [1.29, 1.82) is 0 Å². The fourth-order valence-corrected chi connectivity index (χ4v) is 1.46. The van der Waals surface area contributed by atoms with Gasteiger partial charge in [0, 0.05) is 6.20 Å². The van der Waals surface area contributed by atoms with Crippen LogP contribution in [0.5, 0.6) is 0 Å². The van der Waals surface area contributed by atoms with E-state index in [1.807, 2.05) is 0 Å². The molecule has 0 aliphatic heterocycles. The smallest absolute Gasteiger partial charge is 0.422 e. The third kappa shape index (κ3) is 1.91. The van der Waals surface area contributed by atoms with E-state index < -0.39 is 29.1 Å². The molecule has 9 heteroatoms. The summed E-state index contributed by atoms with van der Waals surface area (Å²) in [6.07, 6.45) is -2.82. The van der Waals surface area contributed by atoms with Crippen molar-refractivity contribution in [3.8, 4) is 0 Å². The van der Waals surface area contributed by atoms with Gasteiger partial charge in [0.1, 0.15) is 5.56 Å². The summed E-state index contributed by atoms with van der Waals surface area (Å²) >= 11 is 5.52. The molecule has 0 amide bonds. The third-order valence-electron chi connectivity index (χ3n) is 1.93. The highest BCUT2D eigenvalue weighted by Gasteiger charge is 2.41. The molecule has 0 atom stereocenters. The van der Waals surface area contributed by atoms with Crippen molar-refractivity contribution in [2.75, 3.05) is 0 Å². The van der Waals surface area contributed by atoms with Crippen LogP contribution in [-0.4, -0.2) is 25.7 Å². The lowest BCUT2D eigenvalue weighted by Crippen LogP contribution is -2.11. The zero-order valence-electron chi connectivity index (χ0n) is 7.86. The van der Waals surface area contributed by atoms with E-state index in [4.69, 9.17) is 16.7 Å². The molecule has 0 bridgehead atoms. The molecular weight excluding hydrogens is 263 g/mol. The number of fused-ring (bicyclic) bond motifs is 1. The molecule has 0 saturated heterocycles. The summed E-state index contributed by atoms with van der Waals surface area (Å²) in [7, 11) is 0. The first-order valence-electron chi connectivity index (χ1n) is 4.15. The number of nitrogens with zero attached hydrogens (tertiary/aromatic N) is 3. The van der Waals surface area contributed by atoms with Gasteiger partial charge in [-0.25, -0.2) is 14.3 Å². The number of halogens is 4. The second-order valence-corrected chi connectivity index (χ2v) is 3.50. The quantitative estimate of drug-likeness (QED) is 0.857. The van der Waals surface area contributed by atoms with E-state index in [1.54, 1.807) is 0 Å². The number of alkyl halides is 3. The van der Waals surface area contributed by atoms with E-state index in [1.165, 1.54) is 0 Å². The Kier molecular flexibility index (Phi) is 2.46. The van der Waals surface area contributed by atoms with E-state index >= 15 is 0 Å². The number of carboxylic acids is 1. The summed E-state index contributed by atoms with van der Waals surface area (Å²) in [4.78, 5) is 14.1. The first kappa shape index (κ1) is 11.6. The van der Waals surface area contributed by atoms with Gasteiger partial charge in [-0.15, -0.1) is 0 Å². The predicted octanol–water partition coefficient (Wildman–Crippen LogP) is 2.10. The van der Waals surface area contributed by atoms with Crippen molar-refractivity contribution in [2.24, 2.45) is 0 Å².